The van der Waals surface area contributed by atoms with Gasteiger partial charge in [0.1, 0.15) is 11.4 Å². The van der Waals surface area contributed by atoms with Crippen LogP contribution in [0.15, 0.2) is 18.2 Å². The van der Waals surface area contributed by atoms with Crippen LogP contribution in [-0.4, -0.2) is 98.1 Å². The highest BCUT2D eigenvalue weighted by Gasteiger charge is 2.45. The van der Waals surface area contributed by atoms with Crippen molar-refractivity contribution in [2.45, 2.75) is 104 Å². The SMILES string of the molecule is CCOCC(C)(C)NC(=O)C1CC(C(=O)N(c2ccc3c(c2)N(CCCOC)C(=O)C(C)(C)O3)C2CC2)CN(C(=O)OC(C)(C)C)C1. The van der Waals surface area contributed by atoms with E-state index in [9.17, 15) is 19.2 Å². The van der Waals surface area contributed by atoms with E-state index >= 15 is 0 Å². The predicted octanol–water partition coefficient (Wildman–Crippen LogP) is 4.53. The molecule has 1 aliphatic carbocycles. The van der Waals surface area contributed by atoms with Crippen molar-refractivity contribution in [3.05, 3.63) is 18.2 Å². The Bertz CT molecular complexity index is 1320. The Morgan fingerprint density at radius 1 is 1.09 bits per heavy atom. The minimum atomic E-state index is -1.03. The number of piperidine rings is 1. The third-order valence-electron chi connectivity index (χ3n) is 8.47. The smallest absolute Gasteiger partial charge is 0.410 e. The molecule has 47 heavy (non-hydrogen) atoms. The lowest BCUT2D eigenvalue weighted by Crippen LogP contribution is -2.56. The number of nitrogens with one attached hydrogen (secondary N) is 1. The van der Waals surface area contributed by atoms with Gasteiger partial charge in [0.05, 0.1) is 29.7 Å². The second kappa shape index (κ2) is 14.4. The molecule has 12 heteroatoms. The van der Waals surface area contributed by atoms with Crippen LogP contribution in [0.5, 0.6) is 5.75 Å². The summed E-state index contributed by atoms with van der Waals surface area (Å²) in [7, 11) is 1.63. The molecular weight excluding hydrogens is 604 g/mol. The van der Waals surface area contributed by atoms with Crippen molar-refractivity contribution >= 4 is 35.2 Å². The van der Waals surface area contributed by atoms with Crippen LogP contribution in [0, 0.1) is 11.8 Å². The maximum absolute atomic E-state index is 14.5. The molecule has 1 saturated carbocycles. The number of carbonyl (C=O) groups excluding carboxylic acids is 4. The first-order valence-electron chi connectivity index (χ1n) is 16.8. The van der Waals surface area contributed by atoms with E-state index in [1.807, 2.05) is 39.0 Å². The Hall–Kier alpha value is -3.38. The number of rotatable bonds is 12. The molecule has 262 valence electrons. The quantitative estimate of drug-likeness (QED) is 0.325. The second-order valence-corrected chi connectivity index (χ2v) is 15.0. The Kier molecular flexibility index (Phi) is 11.2. The van der Waals surface area contributed by atoms with Gasteiger partial charge in [-0.05, 0) is 99.3 Å². The van der Waals surface area contributed by atoms with Crippen LogP contribution in [0.3, 0.4) is 0 Å². The van der Waals surface area contributed by atoms with E-state index in [2.05, 4.69) is 5.32 Å². The van der Waals surface area contributed by atoms with Gasteiger partial charge in [-0.25, -0.2) is 4.79 Å². The average molecular weight is 659 g/mol. The number of anilines is 2. The summed E-state index contributed by atoms with van der Waals surface area (Å²) in [5, 5.41) is 3.07. The van der Waals surface area contributed by atoms with E-state index in [1.165, 1.54) is 4.90 Å². The predicted molar refractivity (Wildman–Crippen MR) is 179 cm³/mol. The van der Waals surface area contributed by atoms with Gasteiger partial charge >= 0.3 is 6.09 Å². The summed E-state index contributed by atoms with van der Waals surface area (Å²) in [5.41, 5.74) is -1.15. The third kappa shape index (κ3) is 9.16. The molecule has 1 aromatic rings. The van der Waals surface area contributed by atoms with E-state index in [-0.39, 0.29) is 43.3 Å². The van der Waals surface area contributed by atoms with Crippen molar-refractivity contribution < 1.29 is 38.1 Å². The zero-order valence-electron chi connectivity index (χ0n) is 29.6. The number of hydrogen-bond acceptors (Lipinski definition) is 8. The van der Waals surface area contributed by atoms with Gasteiger partial charge in [0.15, 0.2) is 5.60 Å². The normalized spacial score (nSPS) is 21.1. The summed E-state index contributed by atoms with van der Waals surface area (Å²) in [6, 6.07) is 5.49. The Morgan fingerprint density at radius 3 is 2.38 bits per heavy atom. The summed E-state index contributed by atoms with van der Waals surface area (Å²) in [6.45, 7) is 16.6. The molecule has 0 radical (unpaired) electrons. The minimum Gasteiger partial charge on any atom is -0.476 e. The van der Waals surface area contributed by atoms with Gasteiger partial charge in [-0.15, -0.1) is 0 Å². The topological polar surface area (TPSA) is 127 Å². The summed E-state index contributed by atoms with van der Waals surface area (Å²) >= 11 is 0. The molecule has 12 nitrogen and oxygen atoms in total. The lowest BCUT2D eigenvalue weighted by atomic mass is 9.86. The van der Waals surface area contributed by atoms with Gasteiger partial charge in [-0.2, -0.15) is 0 Å². The van der Waals surface area contributed by atoms with Crippen LogP contribution in [0.25, 0.3) is 0 Å². The van der Waals surface area contributed by atoms with E-state index in [0.29, 0.717) is 49.9 Å². The van der Waals surface area contributed by atoms with Crippen molar-refractivity contribution in [2.75, 3.05) is 56.4 Å². The molecule has 2 fully saturated rings. The molecule has 0 aromatic heterocycles. The maximum Gasteiger partial charge on any atom is 0.410 e. The van der Waals surface area contributed by atoms with Crippen LogP contribution < -0.4 is 19.9 Å². The number of fused-ring (bicyclic) bond motifs is 1. The Balaban J connectivity index is 1.64. The van der Waals surface area contributed by atoms with Crippen molar-refractivity contribution in [1.82, 2.24) is 10.2 Å². The highest BCUT2D eigenvalue weighted by molar-refractivity contribution is 6.04. The molecule has 1 N–H and O–H groups in total. The molecule has 0 spiro atoms. The first kappa shape index (κ1) is 36.5. The van der Waals surface area contributed by atoms with Crippen molar-refractivity contribution in [1.29, 1.82) is 0 Å². The van der Waals surface area contributed by atoms with Gasteiger partial charge in [-0.3, -0.25) is 14.4 Å². The first-order chi connectivity index (χ1) is 22.0. The minimum absolute atomic E-state index is 0.0200. The van der Waals surface area contributed by atoms with Crippen LogP contribution in [-0.2, 0) is 28.6 Å². The average Bonchev–Trinajstić information content (AvgIpc) is 3.82. The first-order valence-corrected chi connectivity index (χ1v) is 16.8. The molecule has 1 saturated heterocycles. The van der Waals surface area contributed by atoms with Gasteiger partial charge < -0.3 is 39.0 Å². The standard InChI is InChI=1S/C35H54N4O8/c1-10-45-22-34(5,6)36-29(40)23-18-24(21-37(20-23)32(43)47-33(2,3)4)30(41)39(25-12-13-25)26-14-15-28-27(19-26)38(16-11-17-44-9)31(42)35(7,8)46-28/h14-15,19,23-25H,10-13,16-18,20-22H2,1-9H3,(H,36,40). The van der Waals surface area contributed by atoms with E-state index in [4.69, 9.17) is 18.9 Å². The summed E-state index contributed by atoms with van der Waals surface area (Å²) in [6.07, 6.45) is 2.03. The fourth-order valence-electron chi connectivity index (χ4n) is 6.11. The number of amides is 4. The molecule has 0 bridgehead atoms. The summed E-state index contributed by atoms with van der Waals surface area (Å²) < 4.78 is 22.6. The maximum atomic E-state index is 14.5. The molecule has 2 heterocycles. The zero-order chi connectivity index (χ0) is 34.7. The molecule has 2 atom stereocenters. The molecular formula is C35H54N4O8. The summed E-state index contributed by atoms with van der Waals surface area (Å²) in [5.74, 6) is -1.27. The second-order valence-electron chi connectivity index (χ2n) is 15.0. The van der Waals surface area contributed by atoms with E-state index in [1.54, 1.807) is 51.5 Å². The number of benzene rings is 1. The number of ether oxygens (including phenoxy) is 4. The van der Waals surface area contributed by atoms with E-state index < -0.39 is 34.7 Å². The summed E-state index contributed by atoms with van der Waals surface area (Å²) in [4.78, 5) is 59.9. The Labute approximate surface area is 279 Å². The van der Waals surface area contributed by atoms with E-state index in [0.717, 1.165) is 12.8 Å². The highest BCUT2D eigenvalue weighted by atomic mass is 16.6. The van der Waals surface area contributed by atoms with Crippen molar-refractivity contribution in [3.8, 4) is 5.75 Å². The lowest BCUT2D eigenvalue weighted by molar-refractivity contribution is -0.133. The van der Waals surface area contributed by atoms with Crippen LogP contribution in [0.2, 0.25) is 0 Å². The largest absolute Gasteiger partial charge is 0.476 e. The zero-order valence-corrected chi connectivity index (χ0v) is 29.6. The van der Waals surface area contributed by atoms with Crippen LogP contribution >= 0.6 is 0 Å². The van der Waals surface area contributed by atoms with Gasteiger partial charge in [0.25, 0.3) is 5.91 Å². The molecule has 4 rings (SSSR count). The number of methoxy groups -OCH3 is 1. The monoisotopic (exact) mass is 658 g/mol. The van der Waals surface area contributed by atoms with Crippen LogP contribution in [0.4, 0.5) is 16.2 Å². The lowest BCUT2D eigenvalue weighted by Gasteiger charge is -2.41. The fraction of sp³-hybridized carbons (Fsp3) is 0.714. The number of likely N-dealkylation sites (tertiary alicyclic amines) is 1. The third-order valence-corrected chi connectivity index (χ3v) is 8.47. The van der Waals surface area contributed by atoms with Crippen LogP contribution in [0.1, 0.15) is 81.1 Å². The molecule has 2 unspecified atom stereocenters. The number of carbonyl (C=O) groups is 4. The van der Waals surface area contributed by atoms with Crippen molar-refractivity contribution in [2.24, 2.45) is 11.8 Å². The fourth-order valence-corrected chi connectivity index (χ4v) is 6.11. The van der Waals surface area contributed by atoms with Gasteiger partial charge in [0.2, 0.25) is 11.8 Å². The van der Waals surface area contributed by atoms with Gasteiger partial charge in [0, 0.05) is 51.7 Å². The van der Waals surface area contributed by atoms with Crippen molar-refractivity contribution in [3.63, 3.8) is 0 Å². The molecule has 4 amide bonds. The highest BCUT2D eigenvalue weighted by Crippen LogP contribution is 2.43. The molecule has 3 aliphatic rings. The molecule has 2 aliphatic heterocycles. The molecule has 1 aromatic carbocycles. The Morgan fingerprint density at radius 2 is 1.77 bits per heavy atom. The van der Waals surface area contributed by atoms with Gasteiger partial charge in [-0.1, -0.05) is 0 Å². The number of hydrogen-bond donors (Lipinski definition) is 1. The number of nitrogens with zero attached hydrogens (tertiary/aromatic N) is 3.